The minimum atomic E-state index is -3.86. The van der Waals surface area contributed by atoms with Gasteiger partial charge in [0.1, 0.15) is 17.1 Å². The van der Waals surface area contributed by atoms with E-state index in [0.29, 0.717) is 16.5 Å². The van der Waals surface area contributed by atoms with Gasteiger partial charge in [-0.25, -0.2) is 18.0 Å². The fourth-order valence-corrected chi connectivity index (χ4v) is 4.29. The first-order valence-corrected chi connectivity index (χ1v) is 11.5. The highest BCUT2D eigenvalue weighted by molar-refractivity contribution is 7.90. The number of fused-ring (bicyclic) bond motifs is 1. The molecule has 0 radical (unpaired) electrons. The molecule has 0 N–H and O–H groups in total. The summed E-state index contributed by atoms with van der Waals surface area (Å²) in [6.07, 6.45) is 0.840. The molecule has 3 rings (SSSR count). The van der Waals surface area contributed by atoms with Crippen LogP contribution in [0.25, 0.3) is 11.0 Å². The molecule has 10 heteroatoms. The lowest BCUT2D eigenvalue weighted by atomic mass is 9.95. The van der Waals surface area contributed by atoms with Gasteiger partial charge in [0.2, 0.25) is 0 Å². The van der Waals surface area contributed by atoms with E-state index < -0.39 is 36.9 Å². The number of hydrogen-bond donors (Lipinski definition) is 0. The van der Waals surface area contributed by atoms with Crippen molar-refractivity contribution in [1.82, 2.24) is 0 Å². The van der Waals surface area contributed by atoms with Gasteiger partial charge >= 0.3 is 11.6 Å². The lowest BCUT2D eigenvalue weighted by molar-refractivity contribution is -0.387. The fourth-order valence-electron chi connectivity index (χ4n) is 3.46. The quantitative estimate of drug-likeness (QED) is 0.234. The zero-order valence-electron chi connectivity index (χ0n) is 17.9. The molecule has 0 amide bonds. The maximum atomic E-state index is 12.5. The number of benzene rings is 2. The van der Waals surface area contributed by atoms with E-state index in [0.717, 1.165) is 35.6 Å². The maximum Gasteiger partial charge on any atom is 0.338 e. The van der Waals surface area contributed by atoms with Crippen molar-refractivity contribution < 1.29 is 27.3 Å². The van der Waals surface area contributed by atoms with Crippen LogP contribution in [0.4, 0.5) is 5.69 Å². The molecule has 0 aliphatic heterocycles. The van der Waals surface area contributed by atoms with Gasteiger partial charge in [-0.1, -0.05) is 13.8 Å². The first kappa shape index (κ1) is 23.1. The lowest BCUT2D eigenvalue weighted by Gasteiger charge is -2.13. The summed E-state index contributed by atoms with van der Waals surface area (Å²) in [5.74, 6) is -0.679. The molecule has 0 saturated carbocycles. The van der Waals surface area contributed by atoms with Crippen molar-refractivity contribution >= 4 is 32.5 Å². The average Bonchev–Trinajstić information content (AvgIpc) is 2.69. The van der Waals surface area contributed by atoms with Crippen LogP contribution in [-0.4, -0.2) is 25.6 Å². The molecular weight excluding hydrogens is 438 g/mol. The molecule has 0 atom stereocenters. The van der Waals surface area contributed by atoms with Crippen molar-refractivity contribution in [2.24, 2.45) is 0 Å². The summed E-state index contributed by atoms with van der Waals surface area (Å²) < 4.78 is 34.0. The van der Waals surface area contributed by atoms with Crippen LogP contribution in [-0.2, 0) is 21.2 Å². The molecule has 1 heterocycles. The van der Waals surface area contributed by atoms with E-state index in [-0.39, 0.29) is 18.1 Å². The summed E-state index contributed by atoms with van der Waals surface area (Å²) in [4.78, 5) is 34.4. The third-order valence-electron chi connectivity index (χ3n) is 4.99. The second kappa shape index (κ2) is 8.54. The second-order valence-corrected chi connectivity index (χ2v) is 9.72. The molecule has 0 spiro atoms. The summed E-state index contributed by atoms with van der Waals surface area (Å²) in [5, 5.41) is 11.9. The number of nitrogens with zero attached hydrogens (tertiary/aromatic N) is 1. The Morgan fingerprint density at radius 2 is 1.88 bits per heavy atom. The molecule has 0 unspecified atom stereocenters. The molecule has 3 aromatic rings. The van der Waals surface area contributed by atoms with E-state index in [4.69, 9.17) is 9.15 Å². The summed E-state index contributed by atoms with van der Waals surface area (Å²) in [6, 6.07) is 7.86. The number of hydrogen-bond acceptors (Lipinski definition) is 8. The zero-order chi connectivity index (χ0) is 23.8. The third kappa shape index (κ3) is 4.70. The molecule has 1 aromatic heterocycles. The lowest BCUT2D eigenvalue weighted by Crippen LogP contribution is -2.10. The number of nitro groups is 1. The molecule has 168 valence electrons. The second-order valence-electron chi connectivity index (χ2n) is 7.74. The Labute approximate surface area is 183 Å². The van der Waals surface area contributed by atoms with Gasteiger partial charge in [-0.3, -0.25) is 10.1 Å². The van der Waals surface area contributed by atoms with E-state index in [2.05, 4.69) is 0 Å². The molecule has 0 aliphatic rings. The summed E-state index contributed by atoms with van der Waals surface area (Å²) in [7, 11) is -3.86. The van der Waals surface area contributed by atoms with Crippen LogP contribution in [0.3, 0.4) is 0 Å². The van der Waals surface area contributed by atoms with Gasteiger partial charge in [0, 0.05) is 29.3 Å². The smallest absolute Gasteiger partial charge is 0.338 e. The van der Waals surface area contributed by atoms with Gasteiger partial charge in [0.15, 0.2) is 9.84 Å². The third-order valence-corrected chi connectivity index (χ3v) is 6.13. The molecule has 0 aliphatic carbocycles. The highest BCUT2D eigenvalue weighted by Crippen LogP contribution is 2.28. The van der Waals surface area contributed by atoms with Crippen molar-refractivity contribution in [2.75, 3.05) is 6.26 Å². The van der Waals surface area contributed by atoms with Crippen molar-refractivity contribution in [3.05, 3.63) is 79.2 Å². The van der Waals surface area contributed by atoms with Crippen LogP contribution in [0.5, 0.6) is 0 Å². The van der Waals surface area contributed by atoms with E-state index in [1.807, 2.05) is 26.8 Å². The molecule has 0 saturated heterocycles. The van der Waals surface area contributed by atoms with Crippen LogP contribution in [0.2, 0.25) is 0 Å². The molecule has 0 bridgehead atoms. The van der Waals surface area contributed by atoms with Crippen LogP contribution >= 0.6 is 0 Å². The molecular formula is C22H21NO8S. The van der Waals surface area contributed by atoms with Crippen molar-refractivity contribution in [1.29, 1.82) is 0 Å². The van der Waals surface area contributed by atoms with Gasteiger partial charge in [0.05, 0.1) is 10.5 Å². The van der Waals surface area contributed by atoms with E-state index >= 15 is 0 Å². The SMILES string of the molecule is Cc1cc2oc(=O)cc(COC(=O)c3ccc(S(C)(=O)=O)c([N+](=O)[O-])c3)c2cc1C(C)C. The Hall–Kier alpha value is -3.53. The zero-order valence-corrected chi connectivity index (χ0v) is 18.7. The van der Waals surface area contributed by atoms with Crippen LogP contribution in [0, 0.1) is 17.0 Å². The average molecular weight is 459 g/mol. The Morgan fingerprint density at radius 3 is 2.47 bits per heavy atom. The fraction of sp³-hybridized carbons (Fsp3) is 0.273. The summed E-state index contributed by atoms with van der Waals surface area (Å²) >= 11 is 0. The van der Waals surface area contributed by atoms with E-state index in [1.54, 1.807) is 6.07 Å². The van der Waals surface area contributed by atoms with Crippen LogP contribution in [0.15, 0.2) is 50.5 Å². The first-order valence-electron chi connectivity index (χ1n) is 9.61. The summed E-state index contributed by atoms with van der Waals surface area (Å²) in [5.41, 5.74) is 1.29. The largest absolute Gasteiger partial charge is 0.457 e. The predicted octanol–water partition coefficient (Wildman–Crippen LogP) is 3.89. The number of rotatable bonds is 6. The first-order chi connectivity index (χ1) is 14.9. The topological polar surface area (TPSA) is 134 Å². The standard InChI is InChI=1S/C22H21NO8S/c1-12(2)16-10-17-15(9-21(24)31-19(17)7-13(16)3)11-30-22(25)14-5-6-20(32(4,28)29)18(8-14)23(26)27/h5-10,12H,11H2,1-4H3. The molecule has 9 nitrogen and oxygen atoms in total. The van der Waals surface area contributed by atoms with Crippen LogP contribution < -0.4 is 5.63 Å². The highest BCUT2D eigenvalue weighted by atomic mass is 32.2. The van der Waals surface area contributed by atoms with Gasteiger partial charge in [-0.15, -0.1) is 0 Å². The minimum Gasteiger partial charge on any atom is -0.457 e. The number of ether oxygens (including phenoxy) is 1. The molecule has 2 aromatic carbocycles. The van der Waals surface area contributed by atoms with Crippen molar-refractivity contribution in [3.63, 3.8) is 0 Å². The number of sulfone groups is 1. The van der Waals surface area contributed by atoms with Crippen LogP contribution in [0.1, 0.15) is 46.8 Å². The van der Waals surface area contributed by atoms with Gasteiger partial charge in [-0.2, -0.15) is 0 Å². The van der Waals surface area contributed by atoms with Gasteiger partial charge in [-0.05, 0) is 48.2 Å². The number of esters is 1. The van der Waals surface area contributed by atoms with E-state index in [1.165, 1.54) is 6.07 Å². The predicted molar refractivity (Wildman–Crippen MR) is 117 cm³/mol. The Kier molecular flexibility index (Phi) is 6.18. The number of carbonyl (C=O) groups is 1. The highest BCUT2D eigenvalue weighted by Gasteiger charge is 2.24. The Morgan fingerprint density at radius 1 is 1.19 bits per heavy atom. The molecule has 0 fully saturated rings. The monoisotopic (exact) mass is 459 g/mol. The van der Waals surface area contributed by atoms with Crippen molar-refractivity contribution in [3.8, 4) is 0 Å². The number of carbonyl (C=O) groups excluding carboxylic acids is 1. The van der Waals surface area contributed by atoms with Gasteiger partial charge < -0.3 is 9.15 Å². The number of nitro benzene ring substituents is 1. The number of aryl methyl sites for hydroxylation is 1. The normalized spacial score (nSPS) is 11.7. The van der Waals surface area contributed by atoms with E-state index in [9.17, 15) is 28.1 Å². The van der Waals surface area contributed by atoms with Crippen molar-refractivity contribution in [2.45, 2.75) is 38.2 Å². The minimum absolute atomic E-state index is 0.185. The molecule has 32 heavy (non-hydrogen) atoms. The Balaban J connectivity index is 1.95. The van der Waals surface area contributed by atoms with Gasteiger partial charge in [0.25, 0.3) is 5.69 Å². The Bertz CT molecular complexity index is 1400. The summed E-state index contributed by atoms with van der Waals surface area (Å²) in [6.45, 7) is 5.69. The maximum absolute atomic E-state index is 12.5.